The van der Waals surface area contributed by atoms with Gasteiger partial charge in [0.15, 0.2) is 11.7 Å². The van der Waals surface area contributed by atoms with E-state index in [0.717, 1.165) is 5.52 Å². The number of carbonyl (C=O) groups is 2. The Labute approximate surface area is 137 Å². The lowest BCUT2D eigenvalue weighted by molar-refractivity contribution is -0.139. The van der Waals surface area contributed by atoms with Crippen molar-refractivity contribution in [2.24, 2.45) is 7.05 Å². The lowest BCUT2D eigenvalue weighted by Gasteiger charge is -2.14. The van der Waals surface area contributed by atoms with Crippen LogP contribution in [0.5, 0.6) is 5.75 Å². The number of nitrogens with one attached hydrogen (secondary N) is 1. The summed E-state index contributed by atoms with van der Waals surface area (Å²) in [4.78, 5) is 24.1. The minimum atomic E-state index is -1.29. The smallest absolute Gasteiger partial charge is 0.330 e. The molecule has 0 aliphatic rings. The van der Waals surface area contributed by atoms with E-state index in [-0.39, 0.29) is 17.0 Å². The van der Waals surface area contributed by atoms with Crippen LogP contribution in [0.25, 0.3) is 10.9 Å². The van der Waals surface area contributed by atoms with Crippen molar-refractivity contribution in [3.63, 3.8) is 0 Å². The van der Waals surface area contributed by atoms with E-state index in [1.807, 2.05) is 12.1 Å². The first-order valence-electron chi connectivity index (χ1n) is 7.21. The number of aryl methyl sites for hydroxylation is 1. The summed E-state index contributed by atoms with van der Waals surface area (Å²) >= 11 is 0. The minimum absolute atomic E-state index is 0.0729. The molecule has 1 aromatic heterocycles. The number of rotatable bonds is 4. The van der Waals surface area contributed by atoms with E-state index >= 15 is 0 Å². The van der Waals surface area contributed by atoms with Gasteiger partial charge in [0.25, 0.3) is 5.91 Å². The van der Waals surface area contributed by atoms with Crippen molar-refractivity contribution < 1.29 is 19.8 Å². The maximum Gasteiger partial charge on any atom is 0.330 e. The van der Waals surface area contributed by atoms with Crippen molar-refractivity contribution >= 4 is 22.8 Å². The van der Waals surface area contributed by atoms with Gasteiger partial charge in [0.05, 0.1) is 5.52 Å². The molecule has 0 aliphatic heterocycles. The Hall–Kier alpha value is -3.35. The van der Waals surface area contributed by atoms with Gasteiger partial charge in [-0.05, 0) is 23.8 Å². The Morgan fingerprint density at radius 1 is 1.17 bits per heavy atom. The van der Waals surface area contributed by atoms with Crippen LogP contribution in [0.15, 0.2) is 48.5 Å². The summed E-state index contributed by atoms with van der Waals surface area (Å²) in [6, 6.07) is 11.7. The van der Waals surface area contributed by atoms with Crippen LogP contribution in [0.4, 0.5) is 0 Å². The second-order valence-electron chi connectivity index (χ2n) is 5.33. The quantitative estimate of drug-likeness (QED) is 0.679. The standard InChI is InChI=1S/C17H15N3O4/c1-20-13-8-3-2-7-12(13)15(19-20)16(22)18-14(17(23)24)10-5-4-6-11(21)9-10/h2-9,14,21H,1H3,(H,18,22)(H,23,24). The molecule has 0 saturated heterocycles. The van der Waals surface area contributed by atoms with Crippen molar-refractivity contribution in [3.05, 3.63) is 59.8 Å². The molecule has 0 aliphatic carbocycles. The molecular weight excluding hydrogens is 310 g/mol. The molecule has 0 fully saturated rings. The fourth-order valence-corrected chi connectivity index (χ4v) is 2.57. The molecule has 0 bridgehead atoms. The van der Waals surface area contributed by atoms with E-state index in [9.17, 15) is 19.8 Å². The van der Waals surface area contributed by atoms with E-state index in [4.69, 9.17) is 0 Å². The SMILES string of the molecule is Cn1nc(C(=O)NC(C(=O)O)c2cccc(O)c2)c2ccccc21. The van der Waals surface area contributed by atoms with E-state index in [1.165, 1.54) is 24.3 Å². The number of hydrogen-bond donors (Lipinski definition) is 3. The van der Waals surface area contributed by atoms with Crippen molar-refractivity contribution in [1.82, 2.24) is 15.1 Å². The molecule has 24 heavy (non-hydrogen) atoms. The second-order valence-corrected chi connectivity index (χ2v) is 5.33. The molecule has 0 radical (unpaired) electrons. The number of fused-ring (bicyclic) bond motifs is 1. The molecule has 3 N–H and O–H groups in total. The number of para-hydroxylation sites is 1. The van der Waals surface area contributed by atoms with E-state index in [1.54, 1.807) is 23.9 Å². The molecule has 3 rings (SSSR count). The van der Waals surface area contributed by atoms with Crippen LogP contribution < -0.4 is 5.32 Å². The van der Waals surface area contributed by atoms with Crippen molar-refractivity contribution in [2.75, 3.05) is 0 Å². The Balaban J connectivity index is 1.95. The number of hydrogen-bond acceptors (Lipinski definition) is 4. The molecule has 7 heteroatoms. The predicted octanol–water partition coefficient (Wildman–Crippen LogP) is 1.83. The highest BCUT2D eigenvalue weighted by Gasteiger charge is 2.25. The fraction of sp³-hybridized carbons (Fsp3) is 0.118. The number of carboxylic acid groups (broad SMARTS) is 1. The average Bonchev–Trinajstić information content (AvgIpc) is 2.90. The molecule has 2 aromatic carbocycles. The Bertz CT molecular complexity index is 932. The Morgan fingerprint density at radius 2 is 1.92 bits per heavy atom. The number of carbonyl (C=O) groups excluding carboxylic acids is 1. The maximum atomic E-state index is 12.5. The second kappa shape index (κ2) is 6.04. The molecule has 0 saturated carbocycles. The number of phenols is 1. The van der Waals surface area contributed by atoms with Crippen LogP contribution in [-0.2, 0) is 11.8 Å². The minimum Gasteiger partial charge on any atom is -0.508 e. The summed E-state index contributed by atoms with van der Waals surface area (Å²) in [6.45, 7) is 0. The largest absolute Gasteiger partial charge is 0.508 e. The summed E-state index contributed by atoms with van der Waals surface area (Å²) in [7, 11) is 1.71. The summed E-state index contributed by atoms with van der Waals surface area (Å²) in [5.74, 6) is -1.90. The molecule has 1 atom stereocenters. The van der Waals surface area contributed by atoms with Crippen LogP contribution in [0.3, 0.4) is 0 Å². The number of nitrogens with zero attached hydrogens (tertiary/aromatic N) is 2. The van der Waals surface area contributed by atoms with Gasteiger partial charge in [-0.3, -0.25) is 9.48 Å². The predicted molar refractivity (Wildman–Crippen MR) is 86.7 cm³/mol. The molecule has 1 heterocycles. The first-order valence-corrected chi connectivity index (χ1v) is 7.21. The first-order chi connectivity index (χ1) is 11.5. The van der Waals surface area contributed by atoms with Crippen molar-refractivity contribution in [3.8, 4) is 5.75 Å². The van der Waals surface area contributed by atoms with E-state index in [2.05, 4.69) is 10.4 Å². The fourth-order valence-electron chi connectivity index (χ4n) is 2.57. The molecular formula is C17H15N3O4. The van der Waals surface area contributed by atoms with Crippen LogP contribution in [0, 0.1) is 0 Å². The van der Waals surface area contributed by atoms with Crippen LogP contribution in [0.1, 0.15) is 22.1 Å². The van der Waals surface area contributed by atoms with Gasteiger partial charge in [-0.1, -0.05) is 30.3 Å². The third-order valence-corrected chi connectivity index (χ3v) is 3.70. The van der Waals surface area contributed by atoms with Gasteiger partial charge in [-0.2, -0.15) is 5.10 Å². The highest BCUT2D eigenvalue weighted by atomic mass is 16.4. The van der Waals surface area contributed by atoms with Gasteiger partial charge in [0.2, 0.25) is 0 Å². The number of aliphatic carboxylic acids is 1. The molecule has 0 spiro atoms. The highest BCUT2D eigenvalue weighted by molar-refractivity contribution is 6.05. The number of phenolic OH excluding ortho intramolecular Hbond substituents is 1. The third kappa shape index (κ3) is 2.79. The zero-order valence-electron chi connectivity index (χ0n) is 12.8. The van der Waals surface area contributed by atoms with Gasteiger partial charge in [-0.15, -0.1) is 0 Å². The van der Waals surface area contributed by atoms with Gasteiger partial charge < -0.3 is 15.5 Å². The summed E-state index contributed by atoms with van der Waals surface area (Å²) < 4.78 is 1.56. The topological polar surface area (TPSA) is 104 Å². The van der Waals surface area contributed by atoms with Crippen LogP contribution in [0.2, 0.25) is 0 Å². The van der Waals surface area contributed by atoms with Gasteiger partial charge in [0.1, 0.15) is 5.75 Å². The number of amides is 1. The van der Waals surface area contributed by atoms with Gasteiger partial charge in [-0.25, -0.2) is 4.79 Å². The maximum absolute atomic E-state index is 12.5. The van der Waals surface area contributed by atoms with Crippen molar-refractivity contribution in [1.29, 1.82) is 0 Å². The number of carboxylic acids is 1. The zero-order chi connectivity index (χ0) is 17.3. The molecule has 7 nitrogen and oxygen atoms in total. The third-order valence-electron chi connectivity index (χ3n) is 3.70. The van der Waals surface area contributed by atoms with Gasteiger partial charge >= 0.3 is 5.97 Å². The molecule has 122 valence electrons. The number of aromatic hydroxyl groups is 1. The van der Waals surface area contributed by atoms with Crippen molar-refractivity contribution in [2.45, 2.75) is 6.04 Å². The lowest BCUT2D eigenvalue weighted by Crippen LogP contribution is -2.34. The number of aromatic nitrogens is 2. The molecule has 1 amide bonds. The Kier molecular flexibility index (Phi) is 3.91. The summed E-state index contributed by atoms with van der Waals surface area (Å²) in [6.07, 6.45) is 0. The molecule has 1 unspecified atom stereocenters. The van der Waals surface area contributed by atoms with E-state index in [0.29, 0.717) is 5.39 Å². The van der Waals surface area contributed by atoms with E-state index < -0.39 is 17.9 Å². The van der Waals surface area contributed by atoms with Crippen LogP contribution in [-0.4, -0.2) is 31.9 Å². The monoisotopic (exact) mass is 325 g/mol. The lowest BCUT2D eigenvalue weighted by atomic mass is 10.1. The molecule has 3 aromatic rings. The summed E-state index contributed by atoms with van der Waals surface area (Å²) in [5, 5.41) is 26.2. The highest BCUT2D eigenvalue weighted by Crippen LogP contribution is 2.21. The first kappa shape index (κ1) is 15.5. The van der Waals surface area contributed by atoms with Gasteiger partial charge in [0, 0.05) is 12.4 Å². The number of benzene rings is 2. The van der Waals surface area contributed by atoms with Crippen LogP contribution >= 0.6 is 0 Å². The zero-order valence-corrected chi connectivity index (χ0v) is 12.8. The normalized spacial score (nSPS) is 12.0. The average molecular weight is 325 g/mol. The summed E-state index contributed by atoms with van der Waals surface area (Å²) in [5.41, 5.74) is 1.20. The Morgan fingerprint density at radius 3 is 2.62 bits per heavy atom.